The molecule has 1 saturated heterocycles. The van der Waals surface area contributed by atoms with Crippen molar-refractivity contribution < 1.29 is 13.5 Å². The summed E-state index contributed by atoms with van der Waals surface area (Å²) in [5, 5.41) is 3.22. The van der Waals surface area contributed by atoms with Crippen molar-refractivity contribution in [1.82, 2.24) is 24.8 Å². The number of nitrogens with zero attached hydrogens (tertiary/aromatic N) is 5. The topological polar surface area (TPSA) is 82.2 Å². The highest BCUT2D eigenvalue weighted by molar-refractivity contribution is 5.83. The van der Waals surface area contributed by atoms with Gasteiger partial charge >= 0.3 is 0 Å². The SMILES string of the molecule is CCN1CCN(c2ccc(Nc3cc(Oc4cc(F)c5[nH]c(C)cc5c4F)ncn3)nc2)CC1. The van der Waals surface area contributed by atoms with E-state index in [-0.39, 0.29) is 22.5 Å². The van der Waals surface area contributed by atoms with Crippen molar-refractivity contribution >= 4 is 28.2 Å². The van der Waals surface area contributed by atoms with E-state index in [0.717, 1.165) is 44.5 Å². The monoisotopic (exact) mass is 465 g/mol. The summed E-state index contributed by atoms with van der Waals surface area (Å²) in [6.07, 6.45) is 3.11. The molecule has 10 heteroatoms. The first-order valence-corrected chi connectivity index (χ1v) is 11.2. The number of halogens is 2. The first kappa shape index (κ1) is 22.0. The molecule has 0 saturated carbocycles. The average molecular weight is 466 g/mol. The van der Waals surface area contributed by atoms with Gasteiger partial charge in [-0.1, -0.05) is 6.92 Å². The first-order valence-electron chi connectivity index (χ1n) is 11.2. The molecule has 0 unspecified atom stereocenters. The fourth-order valence-electron chi connectivity index (χ4n) is 4.09. The van der Waals surface area contributed by atoms with Crippen LogP contribution < -0.4 is 15.0 Å². The number of pyridine rings is 1. The van der Waals surface area contributed by atoms with Crippen molar-refractivity contribution in [3.63, 3.8) is 0 Å². The molecule has 34 heavy (non-hydrogen) atoms. The molecule has 0 amide bonds. The van der Waals surface area contributed by atoms with E-state index < -0.39 is 11.6 Å². The predicted molar refractivity (Wildman–Crippen MR) is 127 cm³/mol. The van der Waals surface area contributed by atoms with Gasteiger partial charge in [0.2, 0.25) is 5.88 Å². The number of fused-ring (bicyclic) bond motifs is 1. The minimum atomic E-state index is -0.661. The van der Waals surface area contributed by atoms with E-state index >= 15 is 0 Å². The van der Waals surface area contributed by atoms with Gasteiger partial charge < -0.3 is 24.8 Å². The number of hydrogen-bond donors (Lipinski definition) is 2. The molecule has 0 bridgehead atoms. The van der Waals surface area contributed by atoms with Gasteiger partial charge in [0.25, 0.3) is 0 Å². The fourth-order valence-corrected chi connectivity index (χ4v) is 4.09. The van der Waals surface area contributed by atoms with Gasteiger partial charge in [-0.3, -0.25) is 0 Å². The lowest BCUT2D eigenvalue weighted by atomic mass is 10.2. The van der Waals surface area contributed by atoms with E-state index in [2.05, 4.69) is 42.0 Å². The van der Waals surface area contributed by atoms with Gasteiger partial charge in [0.15, 0.2) is 17.4 Å². The van der Waals surface area contributed by atoms with Crippen molar-refractivity contribution in [1.29, 1.82) is 0 Å². The molecule has 1 aromatic carbocycles. The average Bonchev–Trinajstić information content (AvgIpc) is 3.26. The van der Waals surface area contributed by atoms with Crippen molar-refractivity contribution in [3.8, 4) is 11.6 Å². The molecule has 1 fully saturated rings. The Morgan fingerprint density at radius 3 is 2.59 bits per heavy atom. The zero-order valence-corrected chi connectivity index (χ0v) is 19.0. The normalized spacial score (nSPS) is 14.5. The van der Waals surface area contributed by atoms with Crippen LogP contribution >= 0.6 is 0 Å². The molecule has 5 rings (SSSR count). The maximum absolute atomic E-state index is 14.8. The number of ether oxygens (including phenoxy) is 1. The standard InChI is InChI=1S/C24H25F2N7O/c1-3-32-6-8-33(9-7-32)16-4-5-20(27-13-16)31-21-12-22(29-14-28-21)34-19-11-18(25)24-17(23(19)26)10-15(2)30-24/h4-5,10-14,30H,3,6-9H2,1-2H3,(H,27,28,29,31). The number of aromatic nitrogens is 4. The van der Waals surface area contributed by atoms with Crippen LogP contribution in [0.5, 0.6) is 11.6 Å². The molecule has 176 valence electrons. The van der Waals surface area contributed by atoms with E-state index in [1.807, 2.05) is 18.3 Å². The zero-order valence-electron chi connectivity index (χ0n) is 19.0. The Labute approximate surface area is 195 Å². The number of nitrogens with one attached hydrogen (secondary N) is 2. The Morgan fingerprint density at radius 2 is 1.85 bits per heavy atom. The van der Waals surface area contributed by atoms with Crippen LogP contribution in [0, 0.1) is 18.6 Å². The van der Waals surface area contributed by atoms with Crippen LogP contribution in [-0.2, 0) is 0 Å². The van der Waals surface area contributed by atoms with Crippen LogP contribution in [0.2, 0.25) is 0 Å². The van der Waals surface area contributed by atoms with Crippen LogP contribution in [0.15, 0.2) is 42.9 Å². The lowest BCUT2D eigenvalue weighted by Gasteiger charge is -2.35. The van der Waals surface area contributed by atoms with Crippen LogP contribution in [0.25, 0.3) is 10.9 Å². The molecule has 8 nitrogen and oxygen atoms in total. The van der Waals surface area contributed by atoms with E-state index in [0.29, 0.717) is 17.3 Å². The Hall–Kier alpha value is -3.79. The number of hydrogen-bond acceptors (Lipinski definition) is 7. The van der Waals surface area contributed by atoms with E-state index in [1.165, 1.54) is 18.5 Å². The molecule has 1 aliphatic rings. The van der Waals surface area contributed by atoms with Crippen molar-refractivity contribution in [2.24, 2.45) is 0 Å². The molecular weight excluding hydrogens is 440 g/mol. The highest BCUT2D eigenvalue weighted by Gasteiger charge is 2.18. The second-order valence-electron chi connectivity index (χ2n) is 8.20. The van der Waals surface area contributed by atoms with Crippen LogP contribution in [0.4, 0.5) is 26.1 Å². The third-order valence-electron chi connectivity index (χ3n) is 5.95. The van der Waals surface area contributed by atoms with E-state index in [1.54, 1.807) is 6.92 Å². The molecular formula is C24H25F2N7O. The summed E-state index contributed by atoms with van der Waals surface area (Å²) < 4.78 is 34.8. The van der Waals surface area contributed by atoms with Crippen molar-refractivity contribution in [3.05, 3.63) is 60.2 Å². The molecule has 4 aromatic rings. The molecule has 0 radical (unpaired) electrons. The lowest BCUT2D eigenvalue weighted by molar-refractivity contribution is 0.271. The summed E-state index contributed by atoms with van der Waals surface area (Å²) in [5.41, 5.74) is 1.83. The largest absolute Gasteiger partial charge is 0.436 e. The van der Waals surface area contributed by atoms with Crippen LogP contribution in [0.1, 0.15) is 12.6 Å². The number of aromatic amines is 1. The number of aryl methyl sites for hydroxylation is 1. The molecule has 4 heterocycles. The maximum atomic E-state index is 14.8. The summed E-state index contributed by atoms with van der Waals surface area (Å²) in [5.74, 6) is -0.423. The summed E-state index contributed by atoms with van der Waals surface area (Å²) in [4.78, 5) is 20.2. The molecule has 1 aliphatic heterocycles. The summed E-state index contributed by atoms with van der Waals surface area (Å²) in [7, 11) is 0. The number of anilines is 3. The maximum Gasteiger partial charge on any atom is 0.224 e. The lowest BCUT2D eigenvalue weighted by Crippen LogP contribution is -2.46. The second kappa shape index (κ2) is 9.22. The molecule has 0 atom stereocenters. The highest BCUT2D eigenvalue weighted by Crippen LogP contribution is 2.32. The molecule has 0 spiro atoms. The third-order valence-corrected chi connectivity index (χ3v) is 5.95. The number of H-pyrrole nitrogens is 1. The smallest absolute Gasteiger partial charge is 0.224 e. The van der Waals surface area contributed by atoms with Gasteiger partial charge in [-0.15, -0.1) is 0 Å². The fraction of sp³-hybridized carbons (Fsp3) is 0.292. The minimum absolute atomic E-state index is 0.0767. The van der Waals surface area contributed by atoms with Gasteiger partial charge in [-0.25, -0.2) is 23.7 Å². The number of benzene rings is 1. The second-order valence-corrected chi connectivity index (χ2v) is 8.20. The van der Waals surface area contributed by atoms with Crippen LogP contribution in [-0.4, -0.2) is 57.6 Å². The number of rotatable bonds is 6. The van der Waals surface area contributed by atoms with E-state index in [9.17, 15) is 8.78 Å². The van der Waals surface area contributed by atoms with Gasteiger partial charge in [0, 0.05) is 49.4 Å². The van der Waals surface area contributed by atoms with E-state index in [4.69, 9.17) is 4.74 Å². The van der Waals surface area contributed by atoms with Gasteiger partial charge in [0.05, 0.1) is 17.4 Å². The van der Waals surface area contributed by atoms with Gasteiger partial charge in [-0.05, 0) is 31.7 Å². The van der Waals surface area contributed by atoms with Gasteiger partial charge in [-0.2, -0.15) is 0 Å². The first-order chi connectivity index (χ1) is 16.5. The summed E-state index contributed by atoms with van der Waals surface area (Å²) in [6.45, 7) is 9.01. The highest BCUT2D eigenvalue weighted by atomic mass is 19.1. The van der Waals surface area contributed by atoms with Gasteiger partial charge in [0.1, 0.15) is 18.0 Å². The summed E-state index contributed by atoms with van der Waals surface area (Å²) in [6, 6.07) is 7.93. The predicted octanol–water partition coefficient (Wildman–Crippen LogP) is 4.62. The zero-order chi connectivity index (χ0) is 23.7. The Balaban J connectivity index is 1.29. The minimum Gasteiger partial charge on any atom is -0.436 e. The van der Waals surface area contributed by atoms with Crippen LogP contribution in [0.3, 0.4) is 0 Å². The molecule has 2 N–H and O–H groups in total. The Kier molecular flexibility index (Phi) is 5.97. The quantitative estimate of drug-likeness (QED) is 0.430. The number of piperazine rings is 1. The Morgan fingerprint density at radius 1 is 1.03 bits per heavy atom. The molecule has 0 aliphatic carbocycles. The third kappa shape index (κ3) is 4.49. The van der Waals surface area contributed by atoms with Crippen molar-refractivity contribution in [2.45, 2.75) is 13.8 Å². The molecule has 3 aromatic heterocycles. The Bertz CT molecular complexity index is 1300. The number of likely N-dealkylation sites (N-methyl/N-ethyl adjacent to an activating group) is 1. The summed E-state index contributed by atoms with van der Waals surface area (Å²) >= 11 is 0. The van der Waals surface area contributed by atoms with Crippen molar-refractivity contribution in [2.75, 3.05) is 42.9 Å².